The summed E-state index contributed by atoms with van der Waals surface area (Å²) in [7, 11) is 1.64. The van der Waals surface area contributed by atoms with Gasteiger partial charge in [0.05, 0.1) is 5.56 Å². The molecule has 1 aliphatic carbocycles. The van der Waals surface area contributed by atoms with Gasteiger partial charge in [-0.2, -0.15) is 4.80 Å². The summed E-state index contributed by atoms with van der Waals surface area (Å²) in [6, 6.07) is 9.46. The smallest absolute Gasteiger partial charge is 0.254 e. The Bertz CT molecular complexity index is 1080. The van der Waals surface area contributed by atoms with E-state index in [9.17, 15) is 9.59 Å². The zero-order chi connectivity index (χ0) is 22.3. The number of hydrogen-bond acceptors (Lipinski definition) is 7. The van der Waals surface area contributed by atoms with Crippen LogP contribution in [-0.4, -0.2) is 52.3 Å². The van der Waals surface area contributed by atoms with Crippen LogP contribution in [0.1, 0.15) is 40.1 Å². The summed E-state index contributed by atoms with van der Waals surface area (Å²) >= 11 is 1.49. The van der Waals surface area contributed by atoms with Crippen molar-refractivity contribution in [2.45, 2.75) is 38.6 Å². The van der Waals surface area contributed by atoms with E-state index < -0.39 is 0 Å². The Labute approximate surface area is 190 Å². The third-order valence-electron chi connectivity index (χ3n) is 5.23. The maximum Gasteiger partial charge on any atom is 0.254 e. The minimum absolute atomic E-state index is 0.0860. The largest absolute Gasteiger partial charge is 0.385 e. The molecule has 0 bridgehead atoms. The number of hydrogen-bond donors (Lipinski definition) is 2. The predicted molar refractivity (Wildman–Crippen MR) is 122 cm³/mol. The lowest BCUT2D eigenvalue weighted by Gasteiger charge is -2.13. The highest BCUT2D eigenvalue weighted by atomic mass is 32.1. The number of thiophene rings is 1. The van der Waals surface area contributed by atoms with Crippen molar-refractivity contribution in [3.05, 3.63) is 46.3 Å². The van der Waals surface area contributed by atoms with Crippen molar-refractivity contribution in [1.82, 2.24) is 25.5 Å². The molecule has 3 aromatic rings. The number of nitrogens with one attached hydrogen (secondary N) is 2. The summed E-state index contributed by atoms with van der Waals surface area (Å²) in [6.45, 7) is 1.02. The fourth-order valence-electron chi connectivity index (χ4n) is 3.71. The summed E-state index contributed by atoms with van der Waals surface area (Å²) in [5.41, 5.74) is 2.48. The molecule has 0 atom stereocenters. The standard InChI is InChI=1S/C22H26N6O3S/c1-31-13-7-12-23-21(30)19-16-10-5-6-11-17(16)32-22(19)24-18(29)14-28-26-20(25-27-28)15-8-3-2-4-9-15/h2-4,8-9H,5-7,10-14H2,1H3,(H,23,30)(H,24,29). The second kappa shape index (κ2) is 10.5. The second-order valence-electron chi connectivity index (χ2n) is 7.57. The molecule has 1 aliphatic rings. The zero-order valence-corrected chi connectivity index (χ0v) is 18.8. The van der Waals surface area contributed by atoms with Crippen molar-refractivity contribution >= 4 is 28.2 Å². The van der Waals surface area contributed by atoms with E-state index >= 15 is 0 Å². The number of anilines is 1. The van der Waals surface area contributed by atoms with Crippen molar-refractivity contribution in [2.24, 2.45) is 0 Å². The van der Waals surface area contributed by atoms with Crippen molar-refractivity contribution in [3.8, 4) is 11.4 Å². The van der Waals surface area contributed by atoms with Crippen LogP contribution in [0.4, 0.5) is 5.00 Å². The topological polar surface area (TPSA) is 111 Å². The average molecular weight is 455 g/mol. The molecule has 168 valence electrons. The van der Waals surface area contributed by atoms with Crippen LogP contribution in [0.5, 0.6) is 0 Å². The van der Waals surface area contributed by atoms with E-state index in [1.807, 2.05) is 30.3 Å². The van der Waals surface area contributed by atoms with E-state index in [0.29, 0.717) is 29.5 Å². The number of amides is 2. The number of ether oxygens (including phenoxy) is 1. The maximum absolute atomic E-state index is 12.9. The van der Waals surface area contributed by atoms with Crippen LogP contribution < -0.4 is 10.6 Å². The first-order chi connectivity index (χ1) is 15.7. The van der Waals surface area contributed by atoms with Gasteiger partial charge in [0.1, 0.15) is 11.5 Å². The third kappa shape index (κ3) is 5.20. The number of carbonyl (C=O) groups excluding carboxylic acids is 2. The molecule has 0 spiro atoms. The number of fused-ring (bicyclic) bond motifs is 1. The van der Waals surface area contributed by atoms with Gasteiger partial charge in [-0.15, -0.1) is 21.5 Å². The van der Waals surface area contributed by atoms with E-state index in [4.69, 9.17) is 4.74 Å². The fraction of sp³-hybridized carbons (Fsp3) is 0.409. The summed E-state index contributed by atoms with van der Waals surface area (Å²) < 4.78 is 5.04. The molecule has 1 aromatic carbocycles. The van der Waals surface area contributed by atoms with Crippen LogP contribution in [0.25, 0.3) is 11.4 Å². The first-order valence-electron chi connectivity index (χ1n) is 10.7. The predicted octanol–water partition coefficient (Wildman–Crippen LogP) is 2.69. The minimum Gasteiger partial charge on any atom is -0.385 e. The Morgan fingerprint density at radius 3 is 2.81 bits per heavy atom. The lowest BCUT2D eigenvalue weighted by atomic mass is 9.95. The van der Waals surface area contributed by atoms with E-state index in [2.05, 4.69) is 26.0 Å². The van der Waals surface area contributed by atoms with Gasteiger partial charge in [-0.3, -0.25) is 9.59 Å². The van der Waals surface area contributed by atoms with Gasteiger partial charge < -0.3 is 15.4 Å². The number of aromatic nitrogens is 4. The number of rotatable bonds is 9. The van der Waals surface area contributed by atoms with E-state index in [1.54, 1.807) is 7.11 Å². The van der Waals surface area contributed by atoms with E-state index in [1.165, 1.54) is 21.0 Å². The van der Waals surface area contributed by atoms with Gasteiger partial charge in [0.15, 0.2) is 0 Å². The Morgan fingerprint density at radius 1 is 1.19 bits per heavy atom. The number of aryl methyl sites for hydroxylation is 1. The van der Waals surface area contributed by atoms with Crippen molar-refractivity contribution in [1.29, 1.82) is 0 Å². The van der Waals surface area contributed by atoms with Crippen LogP contribution in [0.2, 0.25) is 0 Å². The lowest BCUT2D eigenvalue weighted by Crippen LogP contribution is -2.28. The Kier molecular flexibility index (Phi) is 7.23. The molecular weight excluding hydrogens is 428 g/mol. The van der Waals surface area contributed by atoms with Crippen molar-refractivity contribution < 1.29 is 14.3 Å². The van der Waals surface area contributed by atoms with Gasteiger partial charge in [0.25, 0.3) is 5.91 Å². The molecular formula is C22H26N6O3S. The molecule has 2 amide bonds. The normalized spacial score (nSPS) is 12.9. The SMILES string of the molecule is COCCCNC(=O)c1c(NC(=O)Cn2nnc(-c3ccccc3)n2)sc2c1CCCC2. The molecule has 32 heavy (non-hydrogen) atoms. The monoisotopic (exact) mass is 454 g/mol. The zero-order valence-electron chi connectivity index (χ0n) is 18.0. The van der Waals surface area contributed by atoms with Gasteiger partial charge in [-0.05, 0) is 42.9 Å². The lowest BCUT2D eigenvalue weighted by molar-refractivity contribution is -0.117. The number of nitrogens with zero attached hydrogens (tertiary/aromatic N) is 4. The highest BCUT2D eigenvalue weighted by Crippen LogP contribution is 2.38. The molecule has 9 nitrogen and oxygen atoms in total. The van der Waals surface area contributed by atoms with Gasteiger partial charge in [-0.25, -0.2) is 0 Å². The molecule has 10 heteroatoms. The summed E-state index contributed by atoms with van der Waals surface area (Å²) in [6.07, 6.45) is 4.67. The van der Waals surface area contributed by atoms with Crippen molar-refractivity contribution in [3.63, 3.8) is 0 Å². The molecule has 2 N–H and O–H groups in total. The summed E-state index contributed by atoms with van der Waals surface area (Å²) in [5, 5.41) is 18.8. The van der Waals surface area contributed by atoms with Crippen LogP contribution in [0, 0.1) is 0 Å². The summed E-state index contributed by atoms with van der Waals surface area (Å²) in [5.74, 6) is 0.0104. The van der Waals surface area contributed by atoms with Gasteiger partial charge in [0, 0.05) is 30.7 Å². The average Bonchev–Trinajstić information content (AvgIpc) is 3.41. The van der Waals surface area contributed by atoms with Gasteiger partial charge >= 0.3 is 0 Å². The highest BCUT2D eigenvalue weighted by Gasteiger charge is 2.26. The Morgan fingerprint density at radius 2 is 2.00 bits per heavy atom. The first-order valence-corrected chi connectivity index (χ1v) is 11.5. The number of carbonyl (C=O) groups is 2. The molecule has 0 aliphatic heterocycles. The molecule has 2 aromatic heterocycles. The van der Waals surface area contributed by atoms with E-state index in [-0.39, 0.29) is 18.4 Å². The van der Waals surface area contributed by atoms with Crippen molar-refractivity contribution in [2.75, 3.05) is 25.6 Å². The first kappa shape index (κ1) is 22.1. The maximum atomic E-state index is 12.9. The van der Waals surface area contributed by atoms with E-state index in [0.717, 1.165) is 43.2 Å². The third-order valence-corrected chi connectivity index (χ3v) is 6.44. The fourth-order valence-corrected chi connectivity index (χ4v) is 5.01. The summed E-state index contributed by atoms with van der Waals surface area (Å²) in [4.78, 5) is 28.1. The van der Waals surface area contributed by atoms with Crippen LogP contribution >= 0.6 is 11.3 Å². The number of tetrazole rings is 1. The van der Waals surface area contributed by atoms with Crippen LogP contribution in [0.15, 0.2) is 30.3 Å². The molecule has 0 saturated carbocycles. The molecule has 4 rings (SSSR count). The Balaban J connectivity index is 1.46. The molecule has 2 heterocycles. The molecule has 0 radical (unpaired) electrons. The van der Waals surface area contributed by atoms with Crippen LogP contribution in [-0.2, 0) is 28.9 Å². The second-order valence-corrected chi connectivity index (χ2v) is 8.68. The number of benzene rings is 1. The minimum atomic E-state index is -0.297. The number of methoxy groups -OCH3 is 1. The van der Waals surface area contributed by atoms with Gasteiger partial charge in [0.2, 0.25) is 11.7 Å². The Hall–Kier alpha value is -3.11. The highest BCUT2D eigenvalue weighted by molar-refractivity contribution is 7.17. The van der Waals surface area contributed by atoms with Crippen LogP contribution in [0.3, 0.4) is 0 Å². The molecule has 0 unspecified atom stereocenters. The molecule has 0 fully saturated rings. The van der Waals surface area contributed by atoms with Gasteiger partial charge in [-0.1, -0.05) is 30.3 Å². The quantitative estimate of drug-likeness (QED) is 0.481. The molecule has 0 saturated heterocycles.